The van der Waals surface area contributed by atoms with Gasteiger partial charge in [0.25, 0.3) is 0 Å². The van der Waals surface area contributed by atoms with E-state index < -0.39 is 5.92 Å². The predicted molar refractivity (Wildman–Crippen MR) is 96.2 cm³/mol. The van der Waals surface area contributed by atoms with E-state index >= 15 is 0 Å². The van der Waals surface area contributed by atoms with Crippen molar-refractivity contribution in [3.63, 3.8) is 0 Å². The Morgan fingerprint density at radius 2 is 1.75 bits per heavy atom. The second-order valence-electron chi connectivity index (χ2n) is 6.45. The largest absolute Gasteiger partial charge is 0.325 e. The lowest BCUT2D eigenvalue weighted by molar-refractivity contribution is -0.129. The molecule has 0 radical (unpaired) electrons. The molecular formula is C20H22N2O2. The molecule has 0 aromatic heterocycles. The number of amides is 2. The molecule has 2 aromatic rings. The second kappa shape index (κ2) is 6.48. The number of benzene rings is 2. The van der Waals surface area contributed by atoms with Crippen LogP contribution in [-0.2, 0) is 9.59 Å². The summed E-state index contributed by atoms with van der Waals surface area (Å²) >= 11 is 0. The lowest BCUT2D eigenvalue weighted by Gasteiger charge is -2.18. The second-order valence-corrected chi connectivity index (χ2v) is 6.45. The van der Waals surface area contributed by atoms with Crippen LogP contribution in [0.25, 0.3) is 0 Å². The van der Waals surface area contributed by atoms with Crippen LogP contribution in [0, 0.1) is 26.7 Å². The number of anilines is 2. The van der Waals surface area contributed by atoms with Gasteiger partial charge in [-0.05, 0) is 62.6 Å². The molecule has 0 aliphatic carbocycles. The monoisotopic (exact) mass is 322 g/mol. The van der Waals surface area contributed by atoms with Crippen LogP contribution in [-0.4, -0.2) is 18.4 Å². The van der Waals surface area contributed by atoms with E-state index in [9.17, 15) is 9.59 Å². The summed E-state index contributed by atoms with van der Waals surface area (Å²) in [5.41, 5.74) is 5.06. The molecule has 2 aromatic carbocycles. The molecule has 3 rings (SSSR count). The summed E-state index contributed by atoms with van der Waals surface area (Å²) in [5.74, 6) is -0.967. The van der Waals surface area contributed by atoms with Crippen LogP contribution in [0.1, 0.15) is 23.1 Å². The summed E-state index contributed by atoms with van der Waals surface area (Å²) < 4.78 is 0. The molecule has 1 N–H and O–H groups in total. The highest BCUT2D eigenvalue weighted by atomic mass is 16.2. The summed E-state index contributed by atoms with van der Waals surface area (Å²) in [6.07, 6.45) is 0.545. The quantitative estimate of drug-likeness (QED) is 0.878. The third-order valence-corrected chi connectivity index (χ3v) is 4.64. The van der Waals surface area contributed by atoms with Gasteiger partial charge in [0.2, 0.25) is 11.8 Å². The van der Waals surface area contributed by atoms with Gasteiger partial charge in [0.1, 0.15) is 5.92 Å². The molecule has 4 nitrogen and oxygen atoms in total. The van der Waals surface area contributed by atoms with Crippen LogP contribution >= 0.6 is 0 Å². The first-order valence-corrected chi connectivity index (χ1v) is 8.22. The van der Waals surface area contributed by atoms with E-state index in [1.165, 1.54) is 5.56 Å². The van der Waals surface area contributed by atoms with E-state index in [4.69, 9.17) is 0 Å². The van der Waals surface area contributed by atoms with E-state index in [-0.39, 0.29) is 11.8 Å². The molecule has 1 saturated heterocycles. The summed E-state index contributed by atoms with van der Waals surface area (Å²) in [7, 11) is 0. The fourth-order valence-electron chi connectivity index (χ4n) is 2.94. The van der Waals surface area contributed by atoms with Crippen molar-refractivity contribution in [3.05, 3.63) is 59.2 Å². The molecule has 1 heterocycles. The zero-order valence-corrected chi connectivity index (χ0v) is 14.3. The third-order valence-electron chi connectivity index (χ3n) is 4.64. The Morgan fingerprint density at radius 1 is 1.04 bits per heavy atom. The van der Waals surface area contributed by atoms with Crippen molar-refractivity contribution in [2.75, 3.05) is 16.8 Å². The van der Waals surface area contributed by atoms with Crippen molar-refractivity contribution in [1.82, 2.24) is 0 Å². The average molecular weight is 322 g/mol. The van der Waals surface area contributed by atoms with Gasteiger partial charge < -0.3 is 10.2 Å². The molecule has 0 saturated carbocycles. The summed E-state index contributed by atoms with van der Waals surface area (Å²) in [6, 6.07) is 13.5. The number of hydrogen-bond donors (Lipinski definition) is 1. The zero-order valence-electron chi connectivity index (χ0n) is 14.3. The van der Waals surface area contributed by atoms with Crippen molar-refractivity contribution in [3.8, 4) is 0 Å². The number of hydrogen-bond acceptors (Lipinski definition) is 2. The Kier molecular flexibility index (Phi) is 4.38. The average Bonchev–Trinajstić information content (AvgIpc) is 2.94. The van der Waals surface area contributed by atoms with E-state index in [1.54, 1.807) is 4.90 Å². The van der Waals surface area contributed by atoms with Crippen LogP contribution in [0.15, 0.2) is 42.5 Å². The molecule has 1 aliphatic heterocycles. The molecule has 1 unspecified atom stereocenters. The fraction of sp³-hybridized carbons (Fsp3) is 0.300. The first-order valence-electron chi connectivity index (χ1n) is 8.22. The smallest absolute Gasteiger partial charge is 0.239 e. The Bertz CT molecular complexity index is 781. The van der Waals surface area contributed by atoms with Crippen LogP contribution in [0.4, 0.5) is 11.4 Å². The van der Waals surface area contributed by atoms with Crippen molar-refractivity contribution >= 4 is 23.2 Å². The van der Waals surface area contributed by atoms with E-state index in [0.717, 1.165) is 22.5 Å². The molecule has 4 heteroatoms. The molecule has 1 aliphatic rings. The third kappa shape index (κ3) is 3.18. The minimum Gasteiger partial charge on any atom is -0.325 e. The number of carbonyl (C=O) groups is 2. The van der Waals surface area contributed by atoms with Crippen molar-refractivity contribution < 1.29 is 9.59 Å². The highest BCUT2D eigenvalue weighted by molar-refractivity contribution is 6.13. The molecule has 2 amide bonds. The first kappa shape index (κ1) is 16.2. The Labute approximate surface area is 142 Å². The summed E-state index contributed by atoms with van der Waals surface area (Å²) in [5, 5.41) is 2.85. The van der Waals surface area contributed by atoms with Crippen LogP contribution in [0.5, 0.6) is 0 Å². The van der Waals surface area contributed by atoms with Gasteiger partial charge >= 0.3 is 0 Å². The predicted octanol–water partition coefficient (Wildman–Crippen LogP) is 3.60. The Morgan fingerprint density at radius 3 is 2.42 bits per heavy atom. The fourth-order valence-corrected chi connectivity index (χ4v) is 2.94. The van der Waals surface area contributed by atoms with Crippen molar-refractivity contribution in [2.45, 2.75) is 27.2 Å². The minimum atomic E-state index is -0.618. The lowest BCUT2D eigenvalue weighted by Crippen LogP contribution is -2.33. The van der Waals surface area contributed by atoms with Crippen molar-refractivity contribution in [1.29, 1.82) is 0 Å². The minimum absolute atomic E-state index is 0.122. The maximum Gasteiger partial charge on any atom is 0.239 e. The topological polar surface area (TPSA) is 49.4 Å². The summed E-state index contributed by atoms with van der Waals surface area (Å²) in [4.78, 5) is 26.8. The summed E-state index contributed by atoms with van der Waals surface area (Å²) in [6.45, 7) is 6.64. The highest BCUT2D eigenvalue weighted by Gasteiger charge is 2.37. The number of rotatable bonds is 3. The van der Waals surface area contributed by atoms with E-state index in [0.29, 0.717) is 13.0 Å². The van der Waals surface area contributed by atoms with Gasteiger partial charge in [-0.15, -0.1) is 0 Å². The molecular weight excluding hydrogens is 300 g/mol. The van der Waals surface area contributed by atoms with Gasteiger partial charge in [-0.2, -0.15) is 0 Å². The van der Waals surface area contributed by atoms with Gasteiger partial charge in [0, 0.05) is 17.9 Å². The van der Waals surface area contributed by atoms with Crippen LogP contribution in [0.3, 0.4) is 0 Å². The Hall–Kier alpha value is -2.62. The molecule has 0 bridgehead atoms. The normalized spacial score (nSPS) is 17.2. The molecule has 1 fully saturated rings. The van der Waals surface area contributed by atoms with E-state index in [2.05, 4.69) is 5.32 Å². The SMILES string of the molecule is Cc1ccc(NC(=O)C2CCN(c3ccc(C)c(C)c3)C2=O)cc1. The molecule has 124 valence electrons. The number of nitrogens with one attached hydrogen (secondary N) is 1. The lowest BCUT2D eigenvalue weighted by atomic mass is 10.1. The number of aryl methyl sites for hydroxylation is 3. The number of nitrogens with zero attached hydrogens (tertiary/aromatic N) is 1. The maximum atomic E-state index is 12.7. The van der Waals surface area contributed by atoms with Gasteiger partial charge in [-0.3, -0.25) is 9.59 Å². The van der Waals surface area contributed by atoms with Gasteiger partial charge in [-0.1, -0.05) is 23.8 Å². The first-order chi connectivity index (χ1) is 11.5. The van der Waals surface area contributed by atoms with Gasteiger partial charge in [-0.25, -0.2) is 0 Å². The molecule has 24 heavy (non-hydrogen) atoms. The van der Waals surface area contributed by atoms with Gasteiger partial charge in [0.15, 0.2) is 0 Å². The maximum absolute atomic E-state index is 12.7. The van der Waals surface area contributed by atoms with Gasteiger partial charge in [0.05, 0.1) is 0 Å². The molecule has 1 atom stereocenters. The molecule has 0 spiro atoms. The number of carbonyl (C=O) groups excluding carboxylic acids is 2. The highest BCUT2D eigenvalue weighted by Crippen LogP contribution is 2.27. The van der Waals surface area contributed by atoms with Crippen LogP contribution < -0.4 is 10.2 Å². The van der Waals surface area contributed by atoms with E-state index in [1.807, 2.05) is 63.2 Å². The standard InChI is InChI=1S/C20H22N2O2/c1-13-4-7-16(8-5-13)21-19(23)18-10-11-22(20(18)24)17-9-6-14(2)15(3)12-17/h4-9,12,18H,10-11H2,1-3H3,(H,21,23). The Balaban J connectivity index is 1.72. The van der Waals surface area contributed by atoms with Crippen LogP contribution in [0.2, 0.25) is 0 Å². The zero-order chi connectivity index (χ0) is 17.3. The van der Waals surface area contributed by atoms with Crippen molar-refractivity contribution in [2.24, 2.45) is 5.92 Å².